The molecule has 1 rings (SSSR count). The van der Waals surface area contributed by atoms with Crippen LogP contribution in [-0.4, -0.2) is 23.1 Å². The van der Waals surface area contributed by atoms with Crippen LogP contribution in [0.3, 0.4) is 0 Å². The lowest BCUT2D eigenvalue weighted by Gasteiger charge is -2.01. The average Bonchev–Trinajstić information content (AvgIpc) is 2.27. The molecule has 88 valence electrons. The van der Waals surface area contributed by atoms with Crippen LogP contribution in [-0.2, 0) is 9.53 Å². The number of ether oxygens (including phenoxy) is 1. The Kier molecular flexibility index (Phi) is 4.37. The first kappa shape index (κ1) is 12.9. The van der Waals surface area contributed by atoms with Crippen LogP contribution in [0.4, 0.5) is 0 Å². The van der Waals surface area contributed by atoms with Crippen molar-refractivity contribution in [2.24, 2.45) is 0 Å². The van der Waals surface area contributed by atoms with Crippen LogP contribution in [0.5, 0.6) is 0 Å². The van der Waals surface area contributed by atoms with E-state index in [1.807, 2.05) is 13.0 Å². The Bertz CT molecular complexity index is 500. The molecule has 1 aromatic carbocycles. The Hall–Kier alpha value is -2.19. The lowest BCUT2D eigenvalue weighted by atomic mass is 10.1. The second kappa shape index (κ2) is 5.77. The van der Waals surface area contributed by atoms with Crippen molar-refractivity contribution >= 4 is 11.7 Å². The van der Waals surface area contributed by atoms with Crippen LogP contribution >= 0.6 is 0 Å². The van der Waals surface area contributed by atoms with E-state index >= 15 is 0 Å². The van der Waals surface area contributed by atoms with E-state index in [2.05, 4.69) is 11.4 Å². The lowest BCUT2D eigenvalue weighted by molar-refractivity contribution is -0.139. The summed E-state index contributed by atoms with van der Waals surface area (Å²) in [5, 5.41) is 0. The highest BCUT2D eigenvalue weighted by atomic mass is 16.5. The van der Waals surface area contributed by atoms with Gasteiger partial charge in [-0.25, -0.2) is 4.79 Å². The van der Waals surface area contributed by atoms with Crippen molar-refractivity contribution < 1.29 is 14.3 Å². The Morgan fingerprint density at radius 3 is 2.76 bits per heavy atom. The van der Waals surface area contributed by atoms with Crippen molar-refractivity contribution in [3.05, 3.63) is 53.1 Å². The number of esters is 1. The molecule has 0 aliphatic carbocycles. The fraction of sp³-hybridized carbons (Fsp3) is 0.231. The van der Waals surface area contributed by atoms with Crippen LogP contribution in [0, 0.1) is 6.92 Å². The largest absolute Gasteiger partial charge is 0.452 e. The summed E-state index contributed by atoms with van der Waals surface area (Å²) in [6, 6.07) is 7.10. The Morgan fingerprint density at radius 2 is 2.24 bits per heavy atom. The number of hydrogen-bond donors (Lipinski definition) is 0. The number of aryl methyl sites for hydroxylation is 1. The van der Waals surface area contributed by atoms with Gasteiger partial charge in [0, 0.05) is 0 Å². The molecular weight excluding hydrogens is 216 g/mol. The minimum Gasteiger partial charge on any atom is -0.452 e. The van der Waals surface area contributed by atoms with Crippen molar-refractivity contribution in [3.63, 3.8) is 0 Å². The molecule has 0 saturated heterocycles. The molecule has 0 aliphatic rings. The summed E-state index contributed by atoms with van der Waals surface area (Å²) < 4.78 is 4.92. The molecule has 0 radical (unpaired) electrons. The first-order valence-corrected chi connectivity index (χ1v) is 5.15. The summed E-state index contributed by atoms with van der Waals surface area (Å²) in [7, 11) is 0. The van der Waals surface area contributed by atoms with Gasteiger partial charge >= 0.3 is 11.7 Å². The van der Waals surface area contributed by atoms with Crippen molar-refractivity contribution in [1.82, 2.24) is 0 Å². The topological polar surface area (TPSA) is 62.7 Å². The molecule has 0 aliphatic heterocycles. The van der Waals surface area contributed by atoms with Gasteiger partial charge in [-0.1, -0.05) is 24.3 Å². The molecule has 0 N–H and O–H groups in total. The van der Waals surface area contributed by atoms with Gasteiger partial charge in [0.25, 0.3) is 0 Å². The summed E-state index contributed by atoms with van der Waals surface area (Å²) in [5.41, 5.74) is 11.0. The van der Waals surface area contributed by atoms with Crippen LogP contribution in [0.25, 0.3) is 5.53 Å². The van der Waals surface area contributed by atoms with Crippen molar-refractivity contribution in [3.8, 4) is 0 Å². The molecule has 0 heterocycles. The van der Waals surface area contributed by atoms with Gasteiger partial charge in [-0.05, 0) is 31.6 Å². The van der Waals surface area contributed by atoms with Crippen molar-refractivity contribution in [1.29, 1.82) is 0 Å². The standard InChI is InChI=1S/C13H14N2O2/c1-9(2)8-17-13(16)12(15-14)11-6-4-5-10(3)7-11/h4-7H,1,8H2,2-3H3. The molecule has 0 amide bonds. The third-order valence-corrected chi connectivity index (χ3v) is 2.03. The highest BCUT2D eigenvalue weighted by Crippen LogP contribution is 2.06. The van der Waals surface area contributed by atoms with Gasteiger partial charge in [-0.2, -0.15) is 4.79 Å². The van der Waals surface area contributed by atoms with E-state index in [0.717, 1.165) is 11.1 Å². The average molecular weight is 230 g/mol. The summed E-state index contributed by atoms with van der Waals surface area (Å²) in [5.74, 6) is -0.666. The molecule has 0 bridgehead atoms. The third-order valence-electron chi connectivity index (χ3n) is 2.03. The quantitative estimate of drug-likeness (QED) is 0.261. The number of benzene rings is 1. The molecular formula is C13H14N2O2. The van der Waals surface area contributed by atoms with Crippen LogP contribution in [0.15, 0.2) is 36.4 Å². The first-order valence-electron chi connectivity index (χ1n) is 5.15. The van der Waals surface area contributed by atoms with E-state index < -0.39 is 5.97 Å². The first-order chi connectivity index (χ1) is 8.04. The second-order valence-corrected chi connectivity index (χ2v) is 3.85. The third kappa shape index (κ3) is 3.70. The highest BCUT2D eigenvalue weighted by molar-refractivity contribution is 6.40. The van der Waals surface area contributed by atoms with E-state index in [9.17, 15) is 4.79 Å². The maximum Gasteiger partial charge on any atom is 0.422 e. The van der Waals surface area contributed by atoms with Crippen molar-refractivity contribution in [2.75, 3.05) is 6.61 Å². The van der Waals surface area contributed by atoms with Crippen LogP contribution in [0.1, 0.15) is 18.1 Å². The number of rotatable bonds is 4. The normalized spacial score (nSPS) is 9.29. The highest BCUT2D eigenvalue weighted by Gasteiger charge is 2.24. The summed E-state index contributed by atoms with van der Waals surface area (Å²) in [6.45, 7) is 7.37. The minimum atomic E-state index is -0.666. The Balaban J connectivity index is 2.90. The second-order valence-electron chi connectivity index (χ2n) is 3.85. The fourth-order valence-electron chi connectivity index (χ4n) is 1.27. The number of nitrogens with zero attached hydrogens (tertiary/aromatic N) is 2. The molecule has 4 heteroatoms. The van der Waals surface area contributed by atoms with Gasteiger partial charge in [-0.3, -0.25) is 0 Å². The molecule has 0 fully saturated rings. The van der Waals surface area contributed by atoms with E-state index in [-0.39, 0.29) is 12.3 Å². The molecule has 1 aromatic rings. The van der Waals surface area contributed by atoms with Crippen LogP contribution in [0.2, 0.25) is 0 Å². The maximum atomic E-state index is 11.6. The molecule has 0 atom stereocenters. The summed E-state index contributed by atoms with van der Waals surface area (Å²) in [4.78, 5) is 14.6. The van der Waals surface area contributed by atoms with E-state index in [0.29, 0.717) is 5.56 Å². The van der Waals surface area contributed by atoms with E-state index in [4.69, 9.17) is 10.3 Å². The Labute approximate surface area is 100 Å². The zero-order chi connectivity index (χ0) is 12.8. The monoisotopic (exact) mass is 230 g/mol. The van der Waals surface area contributed by atoms with Gasteiger partial charge in [0.1, 0.15) is 6.61 Å². The predicted molar refractivity (Wildman–Crippen MR) is 64.7 cm³/mol. The smallest absolute Gasteiger partial charge is 0.422 e. The van der Waals surface area contributed by atoms with E-state index in [1.165, 1.54) is 0 Å². The SMILES string of the molecule is C=C(C)COC(=O)C(=[N+]=[N-])c1cccc(C)c1. The Morgan fingerprint density at radius 1 is 1.53 bits per heavy atom. The molecule has 0 unspecified atom stereocenters. The molecule has 0 saturated carbocycles. The lowest BCUT2D eigenvalue weighted by Crippen LogP contribution is -2.20. The maximum absolute atomic E-state index is 11.6. The molecule has 4 nitrogen and oxygen atoms in total. The summed E-state index contributed by atoms with van der Waals surface area (Å²) in [6.07, 6.45) is 0. The van der Waals surface area contributed by atoms with Crippen LogP contribution < -0.4 is 0 Å². The van der Waals surface area contributed by atoms with Gasteiger partial charge in [0.2, 0.25) is 0 Å². The number of hydrogen-bond acceptors (Lipinski definition) is 2. The van der Waals surface area contributed by atoms with Gasteiger partial charge in [0.15, 0.2) is 0 Å². The molecule has 0 spiro atoms. The van der Waals surface area contributed by atoms with Gasteiger partial charge in [-0.15, -0.1) is 0 Å². The predicted octanol–water partition coefficient (Wildman–Crippen LogP) is 2.13. The summed E-state index contributed by atoms with van der Waals surface area (Å²) >= 11 is 0. The minimum absolute atomic E-state index is 0.102. The molecule has 0 aromatic heterocycles. The fourth-order valence-corrected chi connectivity index (χ4v) is 1.27. The van der Waals surface area contributed by atoms with Crippen molar-refractivity contribution in [2.45, 2.75) is 13.8 Å². The van der Waals surface area contributed by atoms with Gasteiger partial charge in [0.05, 0.1) is 5.56 Å². The van der Waals surface area contributed by atoms with E-state index in [1.54, 1.807) is 25.1 Å². The van der Waals surface area contributed by atoms with Gasteiger partial charge < -0.3 is 10.3 Å². The number of carbonyl (C=O) groups is 1. The zero-order valence-corrected chi connectivity index (χ0v) is 9.93. The molecule has 17 heavy (non-hydrogen) atoms. The zero-order valence-electron chi connectivity index (χ0n) is 9.93. The number of carbonyl (C=O) groups excluding carboxylic acids is 1.